The Morgan fingerprint density at radius 2 is 1.56 bits per heavy atom. The molecule has 0 bridgehead atoms. The highest BCUT2D eigenvalue weighted by Crippen LogP contribution is 2.44. The number of carbonyl (C=O) groups is 4. The molecule has 1 heterocycles. The smallest absolute Gasteiger partial charge is 0.410 e. The molecule has 10 nitrogen and oxygen atoms in total. The second kappa shape index (κ2) is 13.6. The molecule has 2 atom stereocenters. The number of fused-ring (bicyclic) bond motifs is 3. The minimum Gasteiger partial charge on any atom is -0.481 e. The van der Waals surface area contributed by atoms with Gasteiger partial charge >= 0.3 is 12.1 Å². The van der Waals surface area contributed by atoms with Gasteiger partial charge in [-0.1, -0.05) is 61.4 Å². The fourth-order valence-corrected chi connectivity index (χ4v) is 6.96. The molecule has 1 saturated carbocycles. The first kappa shape index (κ1) is 30.5. The number of carbonyl (C=O) groups excluding carboxylic acids is 3. The van der Waals surface area contributed by atoms with Crippen molar-refractivity contribution in [2.24, 2.45) is 5.92 Å². The van der Waals surface area contributed by atoms with Gasteiger partial charge < -0.3 is 24.4 Å². The molecule has 1 N–H and O–H groups in total. The first-order valence-corrected chi connectivity index (χ1v) is 15.3. The number of benzene rings is 2. The van der Waals surface area contributed by atoms with E-state index in [4.69, 9.17) is 9.47 Å². The maximum Gasteiger partial charge on any atom is 0.410 e. The van der Waals surface area contributed by atoms with Crippen LogP contribution in [0.3, 0.4) is 0 Å². The highest BCUT2D eigenvalue weighted by atomic mass is 16.6. The predicted molar refractivity (Wildman–Crippen MR) is 159 cm³/mol. The third-order valence-electron chi connectivity index (χ3n) is 9.12. The lowest BCUT2D eigenvalue weighted by Crippen LogP contribution is -2.59. The van der Waals surface area contributed by atoms with Crippen molar-refractivity contribution in [3.05, 3.63) is 59.7 Å². The number of nitrogens with zero attached hydrogens (tertiary/aromatic N) is 3. The topological polar surface area (TPSA) is 117 Å². The lowest BCUT2D eigenvalue weighted by molar-refractivity contribution is -0.155. The van der Waals surface area contributed by atoms with E-state index in [1.54, 1.807) is 18.9 Å². The number of likely N-dealkylation sites (N-methyl/N-ethyl adjacent to an activating group) is 2. The van der Waals surface area contributed by atoms with Crippen molar-refractivity contribution in [3.63, 3.8) is 0 Å². The molecule has 5 rings (SSSR count). The average molecular weight is 592 g/mol. The first-order chi connectivity index (χ1) is 20.8. The van der Waals surface area contributed by atoms with Crippen LogP contribution < -0.4 is 0 Å². The number of amides is 3. The summed E-state index contributed by atoms with van der Waals surface area (Å²) in [6, 6.07) is 14.2. The molecule has 2 fully saturated rings. The van der Waals surface area contributed by atoms with E-state index >= 15 is 0 Å². The van der Waals surface area contributed by atoms with Gasteiger partial charge in [0.25, 0.3) is 0 Å². The summed E-state index contributed by atoms with van der Waals surface area (Å²) >= 11 is 0. The molecule has 43 heavy (non-hydrogen) atoms. The summed E-state index contributed by atoms with van der Waals surface area (Å²) < 4.78 is 11.3. The molecule has 2 aliphatic carbocycles. The molecule has 1 aliphatic heterocycles. The number of carboxylic acids is 1. The quantitative estimate of drug-likeness (QED) is 0.444. The third kappa shape index (κ3) is 6.39. The predicted octanol–water partition coefficient (Wildman–Crippen LogP) is 3.98. The molecule has 0 spiro atoms. The number of carboxylic acid groups (broad SMARTS) is 1. The minimum atomic E-state index is -1.17. The third-order valence-corrected chi connectivity index (χ3v) is 9.12. The van der Waals surface area contributed by atoms with E-state index in [-0.39, 0.29) is 25.0 Å². The zero-order valence-electron chi connectivity index (χ0n) is 24.9. The van der Waals surface area contributed by atoms with Gasteiger partial charge in [0.2, 0.25) is 11.8 Å². The van der Waals surface area contributed by atoms with Crippen LogP contribution >= 0.6 is 0 Å². The number of rotatable bonds is 10. The zero-order valence-corrected chi connectivity index (χ0v) is 24.9. The first-order valence-electron chi connectivity index (χ1n) is 15.3. The molecule has 0 aromatic heterocycles. The van der Waals surface area contributed by atoms with Crippen molar-refractivity contribution >= 4 is 23.9 Å². The average Bonchev–Trinajstić information content (AvgIpc) is 3.66. The summed E-state index contributed by atoms with van der Waals surface area (Å²) in [4.78, 5) is 57.6. The summed E-state index contributed by atoms with van der Waals surface area (Å²) in [6.45, 7) is 3.39. The van der Waals surface area contributed by atoms with Gasteiger partial charge in [-0.3, -0.25) is 19.3 Å². The summed E-state index contributed by atoms with van der Waals surface area (Å²) in [5.74, 6) is -2.23. The molecule has 10 heteroatoms. The molecular formula is C33H41N3O7. The van der Waals surface area contributed by atoms with Crippen molar-refractivity contribution in [1.29, 1.82) is 0 Å². The summed E-state index contributed by atoms with van der Waals surface area (Å²) in [5, 5.41) is 9.70. The van der Waals surface area contributed by atoms with Crippen LogP contribution in [0, 0.1) is 5.92 Å². The standard InChI is InChI=1S/C33H41N3O7/c1-3-36(28(20-29(37)38)31(39)35-16-18-42-19-17-35)32(40)30(22-10-4-5-11-22)34(2)33(41)43-21-27-25-14-8-6-12-23(25)24-13-7-9-15-26(24)27/h6-9,12-15,22,27-28,30H,3-5,10-11,16-21H2,1-2H3,(H,37,38). The highest BCUT2D eigenvalue weighted by Gasteiger charge is 2.43. The monoisotopic (exact) mass is 591 g/mol. The zero-order chi connectivity index (χ0) is 30.5. The Bertz CT molecular complexity index is 1290. The van der Waals surface area contributed by atoms with Gasteiger partial charge in [-0.15, -0.1) is 0 Å². The van der Waals surface area contributed by atoms with Gasteiger partial charge in [-0.05, 0) is 47.9 Å². The van der Waals surface area contributed by atoms with Crippen LogP contribution in [0.4, 0.5) is 4.79 Å². The summed E-state index contributed by atoms with van der Waals surface area (Å²) in [5.41, 5.74) is 4.44. The van der Waals surface area contributed by atoms with Gasteiger partial charge in [0.1, 0.15) is 18.7 Å². The SMILES string of the molecule is CCN(C(=O)C(C1CCCC1)N(C)C(=O)OCC1c2ccccc2-c2ccccc21)C(CC(=O)O)C(=O)N1CCOCC1. The van der Waals surface area contributed by atoms with Crippen LogP contribution in [-0.4, -0.2) is 102 Å². The van der Waals surface area contributed by atoms with E-state index < -0.39 is 42.4 Å². The van der Waals surface area contributed by atoms with E-state index in [1.807, 2.05) is 24.3 Å². The van der Waals surface area contributed by atoms with Crippen molar-refractivity contribution in [1.82, 2.24) is 14.7 Å². The van der Waals surface area contributed by atoms with Gasteiger partial charge in [0.15, 0.2) is 0 Å². The van der Waals surface area contributed by atoms with Gasteiger partial charge in [-0.25, -0.2) is 4.79 Å². The summed E-state index contributed by atoms with van der Waals surface area (Å²) in [6.07, 6.45) is 2.26. The van der Waals surface area contributed by atoms with Crippen LogP contribution in [0.5, 0.6) is 0 Å². The molecule has 3 aliphatic rings. The molecule has 1 saturated heterocycles. The Balaban J connectivity index is 1.36. The van der Waals surface area contributed by atoms with Crippen molar-refractivity contribution < 1.29 is 33.8 Å². The maximum atomic E-state index is 14.3. The largest absolute Gasteiger partial charge is 0.481 e. The Kier molecular flexibility index (Phi) is 9.65. The molecule has 0 radical (unpaired) electrons. The van der Waals surface area contributed by atoms with E-state index in [1.165, 1.54) is 9.80 Å². The van der Waals surface area contributed by atoms with E-state index in [0.717, 1.165) is 47.9 Å². The van der Waals surface area contributed by atoms with Gasteiger partial charge in [0.05, 0.1) is 19.6 Å². The van der Waals surface area contributed by atoms with E-state index in [9.17, 15) is 24.3 Å². The Morgan fingerprint density at radius 1 is 0.977 bits per heavy atom. The number of morpholine rings is 1. The van der Waals surface area contributed by atoms with Crippen molar-refractivity contribution in [2.75, 3.05) is 46.5 Å². The molecule has 3 amide bonds. The van der Waals surface area contributed by atoms with Crippen molar-refractivity contribution in [2.45, 2.75) is 57.0 Å². The van der Waals surface area contributed by atoms with Crippen LogP contribution in [0.2, 0.25) is 0 Å². The van der Waals surface area contributed by atoms with E-state index in [2.05, 4.69) is 24.3 Å². The number of aliphatic carboxylic acids is 1. The molecule has 2 aromatic carbocycles. The van der Waals surface area contributed by atoms with Crippen LogP contribution in [0.25, 0.3) is 11.1 Å². The van der Waals surface area contributed by atoms with Crippen LogP contribution in [-0.2, 0) is 23.9 Å². The number of hydrogen-bond donors (Lipinski definition) is 1. The highest BCUT2D eigenvalue weighted by molar-refractivity contribution is 5.93. The summed E-state index contributed by atoms with van der Waals surface area (Å²) in [7, 11) is 1.57. The molecule has 230 valence electrons. The lowest BCUT2D eigenvalue weighted by Gasteiger charge is -2.39. The number of hydrogen-bond acceptors (Lipinski definition) is 6. The van der Waals surface area contributed by atoms with Crippen LogP contribution in [0.15, 0.2) is 48.5 Å². The lowest BCUT2D eigenvalue weighted by atomic mass is 9.94. The molecular weight excluding hydrogens is 550 g/mol. The Labute approximate surface area is 252 Å². The van der Waals surface area contributed by atoms with Crippen LogP contribution in [0.1, 0.15) is 56.1 Å². The van der Waals surface area contributed by atoms with Crippen molar-refractivity contribution in [3.8, 4) is 11.1 Å². The van der Waals surface area contributed by atoms with Gasteiger partial charge in [0, 0.05) is 32.6 Å². The van der Waals surface area contributed by atoms with Gasteiger partial charge in [-0.2, -0.15) is 0 Å². The van der Waals surface area contributed by atoms with E-state index in [0.29, 0.717) is 26.3 Å². The molecule has 2 unspecified atom stereocenters. The Hall–Kier alpha value is -3.92. The fourth-order valence-electron chi connectivity index (χ4n) is 6.96. The number of ether oxygens (including phenoxy) is 2. The Morgan fingerprint density at radius 3 is 2.12 bits per heavy atom. The normalized spacial score (nSPS) is 18.0. The second-order valence-electron chi connectivity index (χ2n) is 11.6. The fraction of sp³-hybridized carbons (Fsp3) is 0.515. The minimum absolute atomic E-state index is 0.115. The maximum absolute atomic E-state index is 14.3. The second-order valence-corrected chi connectivity index (χ2v) is 11.6. The molecule has 2 aromatic rings.